The van der Waals surface area contributed by atoms with Gasteiger partial charge in [-0.05, 0) is 35.8 Å². The molecule has 5 nitrogen and oxygen atoms in total. The number of rotatable bonds is 5. The fourth-order valence-corrected chi connectivity index (χ4v) is 6.33. The molecule has 2 heterocycles. The molecule has 0 aliphatic heterocycles. The van der Waals surface area contributed by atoms with E-state index in [1.165, 1.54) is 28.7 Å². The van der Waals surface area contributed by atoms with Gasteiger partial charge in [0.2, 0.25) is 10.0 Å². The van der Waals surface area contributed by atoms with Gasteiger partial charge in [-0.2, -0.15) is 4.72 Å². The molecule has 2 aromatic heterocycles. The molecule has 0 aromatic carbocycles. The smallest absolute Gasteiger partial charge is 0.243 e. The highest BCUT2D eigenvalue weighted by molar-refractivity contribution is 9.11. The fraction of sp³-hybridized carbons (Fsp3) is 0.364. The summed E-state index contributed by atoms with van der Waals surface area (Å²) in [4.78, 5) is 4.87. The number of halogens is 1. The third kappa shape index (κ3) is 3.29. The summed E-state index contributed by atoms with van der Waals surface area (Å²) in [5.74, 6) is 0. The van der Waals surface area contributed by atoms with Gasteiger partial charge >= 0.3 is 0 Å². The third-order valence-electron chi connectivity index (χ3n) is 2.51. The Labute approximate surface area is 133 Å². The summed E-state index contributed by atoms with van der Waals surface area (Å²) in [6.07, 6.45) is 1.64. The van der Waals surface area contributed by atoms with Gasteiger partial charge in [0.15, 0.2) is 0 Å². The standard InChI is InChI=1S/C11H13BrN2O3S3/c1-11(2,10-13-3-4-18-10)14-20(16,17)8-5-7(6-15)19-9(8)12/h3-5,14-15H,6H2,1-2H3. The van der Waals surface area contributed by atoms with E-state index in [0.29, 0.717) is 13.7 Å². The van der Waals surface area contributed by atoms with Crippen LogP contribution in [0.2, 0.25) is 0 Å². The quantitative estimate of drug-likeness (QED) is 0.813. The van der Waals surface area contributed by atoms with E-state index >= 15 is 0 Å². The van der Waals surface area contributed by atoms with Crippen LogP contribution in [0.1, 0.15) is 23.7 Å². The molecule has 0 amide bonds. The van der Waals surface area contributed by atoms with Gasteiger partial charge in [-0.15, -0.1) is 22.7 Å². The molecule has 9 heteroatoms. The summed E-state index contributed by atoms with van der Waals surface area (Å²) in [6, 6.07) is 1.47. The molecule has 0 atom stereocenters. The number of aromatic nitrogens is 1. The maximum Gasteiger partial charge on any atom is 0.243 e. The van der Waals surface area contributed by atoms with Crippen molar-refractivity contribution in [1.82, 2.24) is 9.71 Å². The van der Waals surface area contributed by atoms with Gasteiger partial charge in [-0.3, -0.25) is 0 Å². The second kappa shape index (κ2) is 5.82. The van der Waals surface area contributed by atoms with Crippen LogP contribution in [0.4, 0.5) is 0 Å². The van der Waals surface area contributed by atoms with Crippen molar-refractivity contribution in [3.05, 3.63) is 31.3 Å². The Bertz CT molecular complexity index is 693. The molecule has 2 rings (SSSR count). The van der Waals surface area contributed by atoms with Gasteiger partial charge in [0.1, 0.15) is 9.90 Å². The number of aliphatic hydroxyl groups excluding tert-OH is 1. The second-order valence-corrected chi connectivity index (χ2v) is 9.58. The fourth-order valence-electron chi connectivity index (χ4n) is 1.63. The maximum atomic E-state index is 12.5. The van der Waals surface area contributed by atoms with Crippen molar-refractivity contribution < 1.29 is 13.5 Å². The van der Waals surface area contributed by atoms with Crippen molar-refractivity contribution >= 4 is 48.6 Å². The first-order valence-electron chi connectivity index (χ1n) is 5.59. The lowest BCUT2D eigenvalue weighted by atomic mass is 10.1. The highest BCUT2D eigenvalue weighted by atomic mass is 79.9. The van der Waals surface area contributed by atoms with Gasteiger partial charge in [0, 0.05) is 16.5 Å². The molecule has 0 radical (unpaired) electrons. The average molecular weight is 397 g/mol. The molecule has 110 valence electrons. The summed E-state index contributed by atoms with van der Waals surface area (Å²) >= 11 is 5.82. The molecule has 0 spiro atoms. The number of aliphatic hydroxyl groups is 1. The Morgan fingerprint density at radius 1 is 1.50 bits per heavy atom. The van der Waals surface area contributed by atoms with Gasteiger partial charge in [0.25, 0.3) is 0 Å². The van der Waals surface area contributed by atoms with Crippen molar-refractivity contribution in [1.29, 1.82) is 0 Å². The highest BCUT2D eigenvalue weighted by Gasteiger charge is 2.31. The van der Waals surface area contributed by atoms with Crippen LogP contribution in [0.25, 0.3) is 0 Å². The molecular formula is C11H13BrN2O3S3. The summed E-state index contributed by atoms with van der Waals surface area (Å²) in [6.45, 7) is 3.34. The predicted molar refractivity (Wildman–Crippen MR) is 83.4 cm³/mol. The molecule has 20 heavy (non-hydrogen) atoms. The molecule has 2 N–H and O–H groups in total. The molecule has 0 unspecified atom stereocenters. The van der Waals surface area contributed by atoms with Crippen LogP contribution in [0, 0.1) is 0 Å². The van der Waals surface area contributed by atoms with Crippen LogP contribution in [0.5, 0.6) is 0 Å². The molecule has 0 saturated carbocycles. The van der Waals surface area contributed by atoms with Crippen molar-refractivity contribution in [3.63, 3.8) is 0 Å². The van der Waals surface area contributed by atoms with Crippen LogP contribution in [0.15, 0.2) is 26.3 Å². The van der Waals surface area contributed by atoms with Gasteiger partial charge in [-0.25, -0.2) is 13.4 Å². The van der Waals surface area contributed by atoms with E-state index in [9.17, 15) is 8.42 Å². The monoisotopic (exact) mass is 396 g/mol. The van der Waals surface area contributed by atoms with Gasteiger partial charge in [-0.1, -0.05) is 0 Å². The largest absolute Gasteiger partial charge is 0.391 e. The van der Waals surface area contributed by atoms with Crippen molar-refractivity contribution in [2.45, 2.75) is 30.9 Å². The first-order valence-corrected chi connectivity index (χ1v) is 9.56. The normalized spacial score (nSPS) is 12.8. The van der Waals surface area contributed by atoms with Crippen LogP contribution in [0.3, 0.4) is 0 Å². The Balaban J connectivity index is 2.34. The van der Waals surface area contributed by atoms with E-state index in [2.05, 4.69) is 25.6 Å². The minimum atomic E-state index is -3.69. The Kier molecular flexibility index (Phi) is 4.67. The van der Waals surface area contributed by atoms with Crippen LogP contribution in [-0.4, -0.2) is 18.5 Å². The van der Waals surface area contributed by atoms with E-state index in [1.807, 2.05) is 0 Å². The Morgan fingerprint density at radius 3 is 2.70 bits per heavy atom. The van der Waals surface area contributed by atoms with Gasteiger partial charge < -0.3 is 5.11 Å². The number of nitrogens with zero attached hydrogens (tertiary/aromatic N) is 1. The summed E-state index contributed by atoms with van der Waals surface area (Å²) in [7, 11) is -3.69. The van der Waals surface area contributed by atoms with Crippen LogP contribution in [-0.2, 0) is 22.2 Å². The number of hydrogen-bond acceptors (Lipinski definition) is 6. The zero-order valence-corrected chi connectivity index (χ0v) is 14.8. The van der Waals surface area contributed by atoms with Crippen LogP contribution < -0.4 is 4.72 Å². The first kappa shape index (κ1) is 16.1. The zero-order chi connectivity index (χ0) is 15.0. The molecule has 2 aromatic rings. The van der Waals surface area contributed by atoms with E-state index in [0.717, 1.165) is 0 Å². The Hall–Kier alpha value is -0.320. The first-order chi connectivity index (χ1) is 9.26. The molecule has 0 bridgehead atoms. The molecule has 0 aliphatic rings. The number of hydrogen-bond donors (Lipinski definition) is 2. The van der Waals surface area contributed by atoms with Crippen molar-refractivity contribution in [2.24, 2.45) is 0 Å². The minimum absolute atomic E-state index is 0.135. The number of thiophene rings is 1. The van der Waals surface area contributed by atoms with E-state index in [4.69, 9.17) is 5.11 Å². The summed E-state index contributed by atoms with van der Waals surface area (Å²) in [5, 5.41) is 11.6. The molecule has 0 aliphatic carbocycles. The topological polar surface area (TPSA) is 79.3 Å². The second-order valence-electron chi connectivity index (χ2n) is 4.58. The lowest BCUT2D eigenvalue weighted by Gasteiger charge is -2.23. The third-order valence-corrected chi connectivity index (χ3v) is 7.50. The van der Waals surface area contributed by atoms with E-state index < -0.39 is 15.6 Å². The zero-order valence-electron chi connectivity index (χ0n) is 10.8. The number of sulfonamides is 1. The summed E-state index contributed by atoms with van der Waals surface area (Å²) < 4.78 is 28.0. The van der Waals surface area contributed by atoms with E-state index in [-0.39, 0.29) is 11.5 Å². The minimum Gasteiger partial charge on any atom is -0.391 e. The highest BCUT2D eigenvalue weighted by Crippen LogP contribution is 2.33. The van der Waals surface area contributed by atoms with Crippen molar-refractivity contribution in [2.75, 3.05) is 0 Å². The average Bonchev–Trinajstić information content (AvgIpc) is 2.95. The van der Waals surface area contributed by atoms with Crippen molar-refractivity contribution in [3.8, 4) is 0 Å². The summed E-state index contributed by atoms with van der Waals surface area (Å²) in [5.41, 5.74) is -0.798. The predicted octanol–water partition coefficient (Wildman–Crippen LogP) is 2.67. The number of thiazole rings is 1. The molecule has 0 fully saturated rings. The molecule has 0 saturated heterocycles. The number of nitrogens with one attached hydrogen (secondary N) is 1. The maximum absolute atomic E-state index is 12.5. The Morgan fingerprint density at radius 2 is 2.20 bits per heavy atom. The lowest BCUT2D eigenvalue weighted by molar-refractivity contribution is 0.285. The van der Waals surface area contributed by atoms with Crippen LogP contribution >= 0.6 is 38.6 Å². The lowest BCUT2D eigenvalue weighted by Crippen LogP contribution is -2.40. The SMILES string of the molecule is CC(C)(NS(=O)(=O)c1cc(CO)sc1Br)c1nccs1. The van der Waals surface area contributed by atoms with Gasteiger partial charge in [0.05, 0.1) is 15.9 Å². The van der Waals surface area contributed by atoms with E-state index in [1.54, 1.807) is 25.4 Å². The molecular weight excluding hydrogens is 384 g/mol.